The Hall–Kier alpha value is -1.31. The van der Waals surface area contributed by atoms with E-state index in [1.165, 1.54) is 11.1 Å². The number of hydrogen-bond acceptors (Lipinski definition) is 1. The summed E-state index contributed by atoms with van der Waals surface area (Å²) in [5, 5.41) is 8.81. The minimum atomic E-state index is -0.707. The predicted molar refractivity (Wildman–Crippen MR) is 70.3 cm³/mol. The lowest BCUT2D eigenvalue weighted by Gasteiger charge is -2.10. The van der Waals surface area contributed by atoms with Crippen LogP contribution >= 0.6 is 0 Å². The largest absolute Gasteiger partial charge is 0.481 e. The van der Waals surface area contributed by atoms with Crippen LogP contribution in [0.2, 0.25) is 0 Å². The van der Waals surface area contributed by atoms with Crippen molar-refractivity contribution in [3.8, 4) is 0 Å². The molecule has 0 aromatic heterocycles. The predicted octanol–water partition coefficient (Wildman–Crippen LogP) is 3.85. The maximum Gasteiger partial charge on any atom is 0.306 e. The molecule has 1 rings (SSSR count). The molecule has 2 unspecified atom stereocenters. The van der Waals surface area contributed by atoms with Gasteiger partial charge in [0.25, 0.3) is 0 Å². The van der Waals surface area contributed by atoms with Gasteiger partial charge in [-0.1, -0.05) is 45.0 Å². The SMILES string of the molecule is CCC(C)c1ccc(CCC(C)C(=O)O)cc1. The van der Waals surface area contributed by atoms with Gasteiger partial charge in [-0.3, -0.25) is 4.79 Å². The van der Waals surface area contributed by atoms with Crippen molar-refractivity contribution in [1.82, 2.24) is 0 Å². The number of carbonyl (C=O) groups is 1. The highest BCUT2D eigenvalue weighted by molar-refractivity contribution is 5.69. The summed E-state index contributed by atoms with van der Waals surface area (Å²) in [4.78, 5) is 10.7. The lowest BCUT2D eigenvalue weighted by molar-refractivity contribution is -0.141. The van der Waals surface area contributed by atoms with Gasteiger partial charge in [0.1, 0.15) is 0 Å². The molecule has 0 heterocycles. The molecule has 2 heteroatoms. The number of hydrogen-bond donors (Lipinski definition) is 1. The van der Waals surface area contributed by atoms with Gasteiger partial charge in [-0.15, -0.1) is 0 Å². The first kappa shape index (κ1) is 13.8. The Kier molecular flexibility index (Phi) is 5.20. The van der Waals surface area contributed by atoms with Crippen LogP contribution in [-0.2, 0) is 11.2 Å². The molecule has 0 fully saturated rings. The number of benzene rings is 1. The monoisotopic (exact) mass is 234 g/mol. The van der Waals surface area contributed by atoms with Gasteiger partial charge < -0.3 is 5.11 Å². The summed E-state index contributed by atoms with van der Waals surface area (Å²) in [5.41, 5.74) is 2.59. The molecule has 0 saturated heterocycles. The van der Waals surface area contributed by atoms with E-state index < -0.39 is 5.97 Å². The number of rotatable bonds is 6. The van der Waals surface area contributed by atoms with Gasteiger partial charge in [-0.05, 0) is 36.3 Å². The van der Waals surface area contributed by atoms with Crippen molar-refractivity contribution in [1.29, 1.82) is 0 Å². The number of carboxylic acid groups (broad SMARTS) is 1. The second kappa shape index (κ2) is 6.43. The van der Waals surface area contributed by atoms with Crippen molar-refractivity contribution in [2.75, 3.05) is 0 Å². The van der Waals surface area contributed by atoms with Crippen LogP contribution in [0.15, 0.2) is 24.3 Å². The van der Waals surface area contributed by atoms with Crippen LogP contribution in [0.4, 0.5) is 0 Å². The maximum absolute atomic E-state index is 10.7. The highest BCUT2D eigenvalue weighted by atomic mass is 16.4. The Morgan fingerprint density at radius 1 is 1.24 bits per heavy atom. The molecular formula is C15H22O2. The Morgan fingerprint density at radius 2 is 1.82 bits per heavy atom. The van der Waals surface area contributed by atoms with Gasteiger partial charge >= 0.3 is 5.97 Å². The van der Waals surface area contributed by atoms with Crippen LogP contribution < -0.4 is 0 Å². The zero-order chi connectivity index (χ0) is 12.8. The van der Waals surface area contributed by atoms with E-state index in [0.29, 0.717) is 12.3 Å². The van der Waals surface area contributed by atoms with Crippen LogP contribution in [0.1, 0.15) is 50.7 Å². The molecule has 0 radical (unpaired) electrons. The van der Waals surface area contributed by atoms with Gasteiger partial charge in [0, 0.05) is 0 Å². The Morgan fingerprint density at radius 3 is 2.29 bits per heavy atom. The summed E-state index contributed by atoms with van der Waals surface area (Å²) in [7, 11) is 0. The van der Waals surface area contributed by atoms with Gasteiger partial charge in [-0.25, -0.2) is 0 Å². The summed E-state index contributed by atoms with van der Waals surface area (Å²) in [6, 6.07) is 8.57. The molecule has 0 saturated carbocycles. The molecule has 17 heavy (non-hydrogen) atoms. The van der Waals surface area contributed by atoms with Gasteiger partial charge in [0.15, 0.2) is 0 Å². The molecule has 0 aliphatic carbocycles. The summed E-state index contributed by atoms with van der Waals surface area (Å²) in [6.45, 7) is 6.17. The summed E-state index contributed by atoms with van der Waals surface area (Å²) >= 11 is 0. The van der Waals surface area contributed by atoms with E-state index >= 15 is 0 Å². The van der Waals surface area contributed by atoms with Crippen molar-refractivity contribution < 1.29 is 9.90 Å². The van der Waals surface area contributed by atoms with E-state index in [0.717, 1.165) is 12.8 Å². The van der Waals surface area contributed by atoms with Crippen molar-refractivity contribution in [3.05, 3.63) is 35.4 Å². The minimum Gasteiger partial charge on any atom is -0.481 e. The second-order valence-electron chi connectivity index (χ2n) is 4.83. The fourth-order valence-electron chi connectivity index (χ4n) is 1.76. The van der Waals surface area contributed by atoms with E-state index in [4.69, 9.17) is 5.11 Å². The average Bonchev–Trinajstić information content (AvgIpc) is 2.35. The smallest absolute Gasteiger partial charge is 0.306 e. The fourth-order valence-corrected chi connectivity index (χ4v) is 1.76. The van der Waals surface area contributed by atoms with Gasteiger partial charge in [0.05, 0.1) is 5.92 Å². The molecule has 2 nitrogen and oxygen atoms in total. The van der Waals surface area contributed by atoms with Gasteiger partial charge in [0.2, 0.25) is 0 Å². The first-order chi connectivity index (χ1) is 8.04. The third-order valence-corrected chi connectivity index (χ3v) is 3.45. The number of aliphatic carboxylic acids is 1. The highest BCUT2D eigenvalue weighted by Gasteiger charge is 2.10. The first-order valence-corrected chi connectivity index (χ1v) is 6.36. The molecule has 1 aromatic rings. The topological polar surface area (TPSA) is 37.3 Å². The normalized spacial score (nSPS) is 14.3. The quantitative estimate of drug-likeness (QED) is 0.811. The Labute approximate surface area is 104 Å². The van der Waals surface area contributed by atoms with Crippen LogP contribution in [0.25, 0.3) is 0 Å². The summed E-state index contributed by atoms with van der Waals surface area (Å²) in [6.07, 6.45) is 2.70. The molecule has 0 spiro atoms. The van der Waals surface area contributed by atoms with E-state index in [2.05, 4.69) is 38.1 Å². The third kappa shape index (κ3) is 4.22. The molecule has 0 aliphatic heterocycles. The molecule has 1 aromatic carbocycles. The fraction of sp³-hybridized carbons (Fsp3) is 0.533. The molecule has 0 aliphatic rings. The van der Waals surface area contributed by atoms with Crippen molar-refractivity contribution in [3.63, 3.8) is 0 Å². The number of carboxylic acids is 1. The third-order valence-electron chi connectivity index (χ3n) is 3.45. The lowest BCUT2D eigenvalue weighted by atomic mass is 9.95. The van der Waals surface area contributed by atoms with E-state index in [1.807, 2.05) is 0 Å². The summed E-state index contributed by atoms with van der Waals surface area (Å²) < 4.78 is 0. The van der Waals surface area contributed by atoms with E-state index in [1.54, 1.807) is 6.92 Å². The Bertz CT molecular complexity index is 354. The molecule has 0 bridgehead atoms. The van der Waals surface area contributed by atoms with Crippen LogP contribution in [0.3, 0.4) is 0 Å². The van der Waals surface area contributed by atoms with Gasteiger partial charge in [-0.2, -0.15) is 0 Å². The van der Waals surface area contributed by atoms with Crippen LogP contribution in [0, 0.1) is 5.92 Å². The van der Waals surface area contributed by atoms with E-state index in [9.17, 15) is 4.79 Å². The molecule has 1 N–H and O–H groups in total. The first-order valence-electron chi connectivity index (χ1n) is 6.36. The number of aryl methyl sites for hydroxylation is 1. The van der Waals surface area contributed by atoms with E-state index in [-0.39, 0.29) is 5.92 Å². The summed E-state index contributed by atoms with van der Waals surface area (Å²) in [5.74, 6) is -0.368. The molecule has 94 valence electrons. The lowest BCUT2D eigenvalue weighted by Crippen LogP contribution is -2.10. The zero-order valence-electron chi connectivity index (χ0n) is 10.9. The van der Waals surface area contributed by atoms with Crippen molar-refractivity contribution in [2.24, 2.45) is 5.92 Å². The van der Waals surface area contributed by atoms with Crippen molar-refractivity contribution >= 4 is 5.97 Å². The van der Waals surface area contributed by atoms with Crippen LogP contribution in [0.5, 0.6) is 0 Å². The molecular weight excluding hydrogens is 212 g/mol. The Balaban J connectivity index is 2.54. The molecule has 0 amide bonds. The van der Waals surface area contributed by atoms with Crippen molar-refractivity contribution in [2.45, 2.75) is 46.0 Å². The second-order valence-corrected chi connectivity index (χ2v) is 4.83. The minimum absolute atomic E-state index is 0.260. The zero-order valence-corrected chi connectivity index (χ0v) is 10.9. The standard InChI is InChI=1S/C15H22O2/c1-4-11(2)14-9-7-13(8-10-14)6-5-12(3)15(16)17/h7-12H,4-6H2,1-3H3,(H,16,17). The highest BCUT2D eigenvalue weighted by Crippen LogP contribution is 2.19. The molecule has 2 atom stereocenters. The van der Waals surface area contributed by atoms with Crippen LogP contribution in [-0.4, -0.2) is 11.1 Å². The maximum atomic E-state index is 10.7. The average molecular weight is 234 g/mol.